The van der Waals surface area contributed by atoms with Gasteiger partial charge in [-0.05, 0) is 0 Å². The van der Waals surface area contributed by atoms with Gasteiger partial charge in [-0.2, -0.15) is 40.9 Å². The summed E-state index contributed by atoms with van der Waals surface area (Å²) in [5.41, 5.74) is 0. The molecule has 0 aromatic carbocycles. The summed E-state index contributed by atoms with van der Waals surface area (Å²) in [5.74, 6) is 6.60. The van der Waals surface area contributed by atoms with E-state index in [0.29, 0.717) is 0 Å². The lowest BCUT2D eigenvalue weighted by molar-refractivity contribution is 1.79. The van der Waals surface area contributed by atoms with Crippen LogP contribution in [0.3, 0.4) is 0 Å². The highest BCUT2D eigenvalue weighted by Gasteiger charge is 2.00. The van der Waals surface area contributed by atoms with Gasteiger partial charge in [0.25, 0.3) is 0 Å². The first kappa shape index (κ1) is 9.69. The minimum atomic E-state index is -0.412. The number of hydrogen-bond acceptors (Lipinski definition) is 0. The molecule has 0 atom stereocenters. The van der Waals surface area contributed by atoms with Gasteiger partial charge in [0.05, 0.1) is 12.3 Å². The Hall–Kier alpha value is -0.310. The third-order valence-electron chi connectivity index (χ3n) is 0.949. The maximum absolute atomic E-state index is 3.30. The van der Waals surface area contributed by atoms with E-state index in [1.54, 1.807) is 0 Å². The standard InChI is InChI=1S/C8H18B2/c1-9(2,3)7-8-10(4,5)6/h1-6H3/q-2. The first-order chi connectivity index (χ1) is 4.21. The fourth-order valence-corrected chi connectivity index (χ4v) is 0.500. The lowest BCUT2D eigenvalue weighted by Crippen LogP contribution is -2.22. The summed E-state index contributed by atoms with van der Waals surface area (Å²) in [5, 5.41) is 0. The van der Waals surface area contributed by atoms with E-state index in [0.717, 1.165) is 0 Å². The molecule has 0 aliphatic heterocycles. The van der Waals surface area contributed by atoms with E-state index in [1.165, 1.54) is 0 Å². The van der Waals surface area contributed by atoms with Crippen LogP contribution in [0.15, 0.2) is 0 Å². The maximum atomic E-state index is 3.30. The van der Waals surface area contributed by atoms with Gasteiger partial charge in [-0.3, -0.25) is 0 Å². The maximum Gasteiger partial charge on any atom is 0.0574 e. The Balaban J connectivity index is 4.19. The van der Waals surface area contributed by atoms with Gasteiger partial charge in [-0.15, -0.1) is 0 Å². The van der Waals surface area contributed by atoms with Crippen molar-refractivity contribution >= 4 is 12.3 Å². The largest absolute Gasteiger partial charge is 0.361 e. The molecule has 0 spiro atoms. The molecule has 0 unspecified atom stereocenters. The van der Waals surface area contributed by atoms with E-state index < -0.39 is 12.3 Å². The van der Waals surface area contributed by atoms with Crippen molar-refractivity contribution in [2.45, 2.75) is 40.9 Å². The molecule has 0 aromatic heterocycles. The lowest BCUT2D eigenvalue weighted by atomic mass is 9.26. The van der Waals surface area contributed by atoms with E-state index in [-0.39, 0.29) is 0 Å². The minimum Gasteiger partial charge on any atom is -0.361 e. The van der Waals surface area contributed by atoms with Gasteiger partial charge in [0.15, 0.2) is 0 Å². The van der Waals surface area contributed by atoms with Crippen LogP contribution in [-0.2, 0) is 0 Å². The van der Waals surface area contributed by atoms with Crippen molar-refractivity contribution < 1.29 is 0 Å². The average molecular weight is 136 g/mol. The van der Waals surface area contributed by atoms with Crippen LogP contribution in [0.25, 0.3) is 0 Å². The molecule has 0 saturated carbocycles. The Morgan fingerprint density at radius 1 is 0.600 bits per heavy atom. The van der Waals surface area contributed by atoms with Crippen molar-refractivity contribution in [3.05, 3.63) is 0 Å². The van der Waals surface area contributed by atoms with Gasteiger partial charge in [-0.1, -0.05) is 0 Å². The van der Waals surface area contributed by atoms with E-state index in [1.807, 2.05) is 0 Å². The molecule has 10 heavy (non-hydrogen) atoms. The topological polar surface area (TPSA) is 0 Å². The molecule has 0 bridgehead atoms. The van der Waals surface area contributed by atoms with E-state index in [2.05, 4.69) is 52.6 Å². The summed E-state index contributed by atoms with van der Waals surface area (Å²) in [6.45, 7) is 13.2. The summed E-state index contributed by atoms with van der Waals surface area (Å²) in [7, 11) is 0. The van der Waals surface area contributed by atoms with Gasteiger partial charge >= 0.3 is 0 Å². The molecule has 0 fully saturated rings. The molecule has 0 saturated heterocycles. The van der Waals surface area contributed by atoms with Gasteiger partial charge in [-0.25, -0.2) is 0 Å². The highest BCUT2D eigenvalue weighted by Crippen LogP contribution is 2.01. The molecular weight excluding hydrogens is 118 g/mol. The zero-order valence-corrected chi connectivity index (χ0v) is 8.15. The van der Waals surface area contributed by atoms with Crippen LogP contribution in [-0.4, -0.2) is 12.3 Å². The molecule has 0 aromatic rings. The first-order valence-electron chi connectivity index (χ1n) is 4.29. The highest BCUT2D eigenvalue weighted by molar-refractivity contribution is 6.89. The van der Waals surface area contributed by atoms with E-state index in [4.69, 9.17) is 0 Å². The van der Waals surface area contributed by atoms with Crippen LogP contribution in [0.2, 0.25) is 40.9 Å². The average Bonchev–Trinajstić information content (AvgIpc) is 1.57. The van der Waals surface area contributed by atoms with E-state index >= 15 is 0 Å². The molecule has 0 nitrogen and oxygen atoms in total. The molecule has 0 aliphatic carbocycles. The Morgan fingerprint density at radius 3 is 0.900 bits per heavy atom. The third-order valence-corrected chi connectivity index (χ3v) is 0.949. The zero-order chi connectivity index (χ0) is 8.41. The van der Waals surface area contributed by atoms with Crippen LogP contribution >= 0.6 is 0 Å². The monoisotopic (exact) mass is 136 g/mol. The lowest BCUT2D eigenvalue weighted by Gasteiger charge is -2.21. The Kier molecular flexibility index (Phi) is 2.66. The molecule has 0 N–H and O–H groups in total. The summed E-state index contributed by atoms with van der Waals surface area (Å²) >= 11 is 0. The van der Waals surface area contributed by atoms with Gasteiger partial charge in [0, 0.05) is 0 Å². The fourth-order valence-electron chi connectivity index (χ4n) is 0.500. The molecule has 0 radical (unpaired) electrons. The van der Waals surface area contributed by atoms with Crippen LogP contribution in [0.4, 0.5) is 0 Å². The predicted octanol–water partition coefficient (Wildman–Crippen LogP) is 2.74. The molecule has 0 aliphatic rings. The number of rotatable bonds is 0. The SMILES string of the molecule is C[B-](C)(C)C#C[B-](C)(C)C. The highest BCUT2D eigenvalue weighted by atomic mass is 13.6. The van der Waals surface area contributed by atoms with Crippen molar-refractivity contribution in [3.8, 4) is 11.6 Å². The molecular formula is C8H18B2-2. The second-order valence-corrected chi connectivity index (χ2v) is 5.48. The minimum absolute atomic E-state index is 0.412. The van der Waals surface area contributed by atoms with Gasteiger partial charge < -0.3 is 11.6 Å². The molecule has 0 rings (SSSR count). The normalized spacial score (nSPS) is 12.2. The smallest absolute Gasteiger partial charge is 0.0574 e. The van der Waals surface area contributed by atoms with Crippen molar-refractivity contribution in [3.63, 3.8) is 0 Å². The molecule has 0 amide bonds. The van der Waals surface area contributed by atoms with E-state index in [9.17, 15) is 0 Å². The first-order valence-corrected chi connectivity index (χ1v) is 4.29. The summed E-state index contributed by atoms with van der Waals surface area (Å²) < 4.78 is 0. The van der Waals surface area contributed by atoms with Crippen molar-refractivity contribution in [2.75, 3.05) is 0 Å². The Morgan fingerprint density at radius 2 is 0.800 bits per heavy atom. The summed E-state index contributed by atoms with van der Waals surface area (Å²) in [6, 6.07) is 0. The third kappa shape index (κ3) is 7.69. The van der Waals surface area contributed by atoms with Crippen LogP contribution < -0.4 is 0 Å². The quantitative estimate of drug-likeness (QED) is 0.354. The Bertz CT molecular complexity index is 140. The van der Waals surface area contributed by atoms with Crippen LogP contribution in [0, 0.1) is 11.6 Å². The predicted molar refractivity (Wildman–Crippen MR) is 54.5 cm³/mol. The van der Waals surface area contributed by atoms with Crippen molar-refractivity contribution in [2.24, 2.45) is 0 Å². The second kappa shape index (κ2) is 2.74. The van der Waals surface area contributed by atoms with Gasteiger partial charge in [0.2, 0.25) is 0 Å². The number of hydrogen-bond donors (Lipinski definition) is 0. The fraction of sp³-hybridized carbons (Fsp3) is 0.750. The van der Waals surface area contributed by atoms with Crippen molar-refractivity contribution in [1.82, 2.24) is 0 Å². The second-order valence-electron chi connectivity index (χ2n) is 5.48. The van der Waals surface area contributed by atoms with Crippen molar-refractivity contribution in [1.29, 1.82) is 0 Å². The van der Waals surface area contributed by atoms with Crippen LogP contribution in [0.5, 0.6) is 0 Å². The molecule has 2 heteroatoms. The molecule has 0 heterocycles. The van der Waals surface area contributed by atoms with Gasteiger partial charge in [0.1, 0.15) is 0 Å². The molecule has 58 valence electrons. The summed E-state index contributed by atoms with van der Waals surface area (Å²) in [4.78, 5) is 0. The zero-order valence-electron chi connectivity index (χ0n) is 8.15. The van der Waals surface area contributed by atoms with Crippen LogP contribution in [0.1, 0.15) is 0 Å². The Labute approximate surface area is 65.6 Å². The summed E-state index contributed by atoms with van der Waals surface area (Å²) in [6.07, 6.45) is -0.823.